The van der Waals surface area contributed by atoms with Crippen molar-refractivity contribution in [2.75, 3.05) is 33.8 Å². The van der Waals surface area contributed by atoms with E-state index in [-0.39, 0.29) is 16.6 Å². The van der Waals surface area contributed by atoms with Gasteiger partial charge in [0.2, 0.25) is 10.0 Å². The molecule has 1 aromatic carbocycles. The third-order valence-corrected chi connectivity index (χ3v) is 6.71. The second kappa shape index (κ2) is 9.37. The fourth-order valence-corrected chi connectivity index (χ4v) is 4.85. The molecule has 1 aromatic rings. The Balaban J connectivity index is 2.35. The van der Waals surface area contributed by atoms with Crippen LogP contribution in [-0.4, -0.2) is 57.3 Å². The molecule has 7 heteroatoms. The van der Waals surface area contributed by atoms with Crippen LogP contribution < -0.4 is 4.74 Å². The Morgan fingerprint density at radius 2 is 1.85 bits per heavy atom. The Labute approximate surface area is 157 Å². The first-order chi connectivity index (χ1) is 12.4. The predicted molar refractivity (Wildman–Crippen MR) is 102 cm³/mol. The minimum Gasteiger partial charge on any atom is -0.495 e. The monoisotopic (exact) mass is 382 g/mol. The van der Waals surface area contributed by atoms with E-state index in [1.54, 1.807) is 24.1 Å². The summed E-state index contributed by atoms with van der Waals surface area (Å²) in [4.78, 5) is 14.4. The molecule has 0 unspecified atom stereocenters. The zero-order chi connectivity index (χ0) is 19.2. The van der Waals surface area contributed by atoms with Crippen LogP contribution in [-0.2, 0) is 10.0 Å². The minimum atomic E-state index is -3.69. The molecule has 146 valence electrons. The zero-order valence-electron chi connectivity index (χ0n) is 16.0. The molecule has 0 N–H and O–H groups in total. The van der Waals surface area contributed by atoms with E-state index < -0.39 is 10.0 Å². The van der Waals surface area contributed by atoms with Gasteiger partial charge in [0, 0.05) is 32.2 Å². The van der Waals surface area contributed by atoms with Crippen molar-refractivity contribution in [2.24, 2.45) is 0 Å². The summed E-state index contributed by atoms with van der Waals surface area (Å²) in [6.45, 7) is 3.74. The van der Waals surface area contributed by atoms with E-state index >= 15 is 0 Å². The Kier molecular flexibility index (Phi) is 7.46. The van der Waals surface area contributed by atoms with E-state index in [0.717, 1.165) is 38.5 Å². The minimum absolute atomic E-state index is 0.0802. The van der Waals surface area contributed by atoms with E-state index in [1.807, 2.05) is 0 Å². The summed E-state index contributed by atoms with van der Waals surface area (Å²) in [6.07, 6.45) is 5.72. The molecule has 1 aliphatic heterocycles. The van der Waals surface area contributed by atoms with Crippen LogP contribution in [0.3, 0.4) is 0 Å². The molecule has 1 heterocycles. The lowest BCUT2D eigenvalue weighted by Crippen LogP contribution is -2.33. The number of unbranched alkanes of at least 4 members (excludes halogenated alkanes) is 1. The van der Waals surface area contributed by atoms with Gasteiger partial charge in [0.1, 0.15) is 10.6 Å². The van der Waals surface area contributed by atoms with Crippen molar-refractivity contribution in [3.63, 3.8) is 0 Å². The number of methoxy groups -OCH3 is 1. The van der Waals surface area contributed by atoms with Gasteiger partial charge >= 0.3 is 0 Å². The van der Waals surface area contributed by atoms with Crippen molar-refractivity contribution in [1.82, 2.24) is 9.21 Å². The quantitative estimate of drug-likeness (QED) is 0.727. The standard InChI is InChI=1S/C19H30N2O4S/c1-4-5-12-20(2)19(22)16-10-11-17(25-3)18(15-16)26(23,24)21-13-8-6-7-9-14-21/h10-11,15H,4-9,12-14H2,1-3H3. The molecule has 0 radical (unpaired) electrons. The molecule has 6 nitrogen and oxygen atoms in total. The number of hydrogen-bond acceptors (Lipinski definition) is 4. The molecule has 26 heavy (non-hydrogen) atoms. The van der Waals surface area contributed by atoms with E-state index in [9.17, 15) is 13.2 Å². The van der Waals surface area contributed by atoms with Crippen molar-refractivity contribution < 1.29 is 17.9 Å². The first-order valence-electron chi connectivity index (χ1n) is 9.35. The molecule has 0 aromatic heterocycles. The smallest absolute Gasteiger partial charge is 0.253 e. The van der Waals surface area contributed by atoms with Gasteiger partial charge < -0.3 is 9.64 Å². The highest BCUT2D eigenvalue weighted by Crippen LogP contribution is 2.29. The second-order valence-corrected chi connectivity index (χ2v) is 8.67. The molecule has 0 spiro atoms. The van der Waals surface area contributed by atoms with Gasteiger partial charge in [-0.15, -0.1) is 0 Å². The maximum Gasteiger partial charge on any atom is 0.253 e. The third kappa shape index (κ3) is 4.76. The molecule has 1 saturated heterocycles. The van der Waals surface area contributed by atoms with E-state index in [4.69, 9.17) is 4.74 Å². The number of carbonyl (C=O) groups excluding carboxylic acids is 1. The van der Waals surface area contributed by atoms with Crippen LogP contribution in [0.2, 0.25) is 0 Å². The predicted octanol–water partition coefficient (Wildman–Crippen LogP) is 3.13. The first-order valence-corrected chi connectivity index (χ1v) is 10.8. The molecule has 2 rings (SSSR count). The van der Waals surface area contributed by atoms with Crippen LogP contribution in [0.4, 0.5) is 0 Å². The fourth-order valence-electron chi connectivity index (χ4n) is 3.15. The molecule has 0 saturated carbocycles. The Morgan fingerprint density at radius 1 is 1.19 bits per heavy atom. The SMILES string of the molecule is CCCCN(C)C(=O)c1ccc(OC)c(S(=O)(=O)N2CCCCCC2)c1. The summed E-state index contributed by atoms with van der Waals surface area (Å²) < 4.78 is 33.1. The molecule has 0 aliphatic carbocycles. The van der Waals surface area contributed by atoms with Gasteiger partial charge in [-0.2, -0.15) is 4.31 Å². The normalized spacial score (nSPS) is 16.1. The van der Waals surface area contributed by atoms with E-state index in [2.05, 4.69) is 6.92 Å². The summed E-state index contributed by atoms with van der Waals surface area (Å²) in [5.74, 6) is 0.107. The first kappa shape index (κ1) is 20.7. The van der Waals surface area contributed by atoms with Gasteiger partial charge in [0.15, 0.2) is 0 Å². The van der Waals surface area contributed by atoms with E-state index in [0.29, 0.717) is 25.2 Å². The average Bonchev–Trinajstić information content (AvgIpc) is 2.95. The van der Waals surface area contributed by atoms with Gasteiger partial charge in [0.05, 0.1) is 7.11 Å². The summed E-state index contributed by atoms with van der Waals surface area (Å²) in [5, 5.41) is 0. The van der Waals surface area contributed by atoms with Gasteiger partial charge in [-0.05, 0) is 37.5 Å². The van der Waals surface area contributed by atoms with Crippen molar-refractivity contribution in [2.45, 2.75) is 50.3 Å². The van der Waals surface area contributed by atoms with Gasteiger partial charge in [-0.1, -0.05) is 26.2 Å². The van der Waals surface area contributed by atoms with Gasteiger partial charge in [0.25, 0.3) is 5.91 Å². The van der Waals surface area contributed by atoms with Gasteiger partial charge in [-0.25, -0.2) is 8.42 Å². The van der Waals surface area contributed by atoms with Crippen LogP contribution in [0.15, 0.2) is 23.1 Å². The van der Waals surface area contributed by atoms with Crippen molar-refractivity contribution in [3.05, 3.63) is 23.8 Å². The molecule has 0 atom stereocenters. The lowest BCUT2D eigenvalue weighted by molar-refractivity contribution is 0.0793. The number of carbonyl (C=O) groups is 1. The average molecular weight is 383 g/mol. The highest BCUT2D eigenvalue weighted by atomic mass is 32.2. The third-order valence-electron chi connectivity index (χ3n) is 4.79. The number of ether oxygens (including phenoxy) is 1. The molecular formula is C19H30N2O4S. The molecular weight excluding hydrogens is 352 g/mol. The lowest BCUT2D eigenvalue weighted by Gasteiger charge is -2.22. The maximum atomic E-state index is 13.2. The van der Waals surface area contributed by atoms with Crippen LogP contribution in [0, 0.1) is 0 Å². The maximum absolute atomic E-state index is 13.2. The van der Waals surface area contributed by atoms with Crippen LogP contribution in [0.5, 0.6) is 5.75 Å². The molecule has 1 amide bonds. The number of nitrogens with zero attached hydrogens (tertiary/aromatic N) is 2. The summed E-state index contributed by atoms with van der Waals surface area (Å²) in [6, 6.07) is 4.67. The molecule has 0 bridgehead atoms. The summed E-state index contributed by atoms with van der Waals surface area (Å²) >= 11 is 0. The zero-order valence-corrected chi connectivity index (χ0v) is 16.8. The lowest BCUT2D eigenvalue weighted by atomic mass is 10.2. The fraction of sp³-hybridized carbons (Fsp3) is 0.632. The number of hydrogen-bond donors (Lipinski definition) is 0. The van der Waals surface area contributed by atoms with Crippen molar-refractivity contribution in [1.29, 1.82) is 0 Å². The number of sulfonamides is 1. The highest BCUT2D eigenvalue weighted by Gasteiger charge is 2.29. The number of benzene rings is 1. The van der Waals surface area contributed by atoms with Crippen LogP contribution in [0.1, 0.15) is 55.8 Å². The van der Waals surface area contributed by atoms with Crippen LogP contribution in [0.25, 0.3) is 0 Å². The van der Waals surface area contributed by atoms with Gasteiger partial charge in [-0.3, -0.25) is 4.79 Å². The highest BCUT2D eigenvalue weighted by molar-refractivity contribution is 7.89. The topological polar surface area (TPSA) is 66.9 Å². The summed E-state index contributed by atoms with van der Waals surface area (Å²) in [5.41, 5.74) is 0.373. The summed E-state index contributed by atoms with van der Waals surface area (Å²) in [7, 11) is -0.498. The Morgan fingerprint density at radius 3 is 2.42 bits per heavy atom. The second-order valence-electron chi connectivity index (χ2n) is 6.76. The van der Waals surface area contributed by atoms with E-state index in [1.165, 1.54) is 17.5 Å². The Hall–Kier alpha value is -1.60. The number of amides is 1. The van der Waals surface area contributed by atoms with Crippen molar-refractivity contribution >= 4 is 15.9 Å². The molecule has 1 fully saturated rings. The Bertz CT molecular complexity index is 710. The largest absolute Gasteiger partial charge is 0.495 e. The molecule has 1 aliphatic rings. The van der Waals surface area contributed by atoms with Crippen LogP contribution >= 0.6 is 0 Å². The number of rotatable bonds is 7. The van der Waals surface area contributed by atoms with Crippen molar-refractivity contribution in [3.8, 4) is 5.75 Å².